The summed E-state index contributed by atoms with van der Waals surface area (Å²) >= 11 is 1.22. The molecule has 2 aromatic rings. The third-order valence-corrected chi connectivity index (χ3v) is 7.19. The molecule has 0 radical (unpaired) electrons. The molecular weight excluding hydrogens is 512 g/mol. The van der Waals surface area contributed by atoms with E-state index in [1.54, 1.807) is 19.2 Å². The van der Waals surface area contributed by atoms with Gasteiger partial charge < -0.3 is 30.8 Å². The van der Waals surface area contributed by atoms with E-state index in [0.717, 1.165) is 0 Å². The van der Waals surface area contributed by atoms with Crippen molar-refractivity contribution in [2.24, 2.45) is 17.8 Å². The first kappa shape index (κ1) is 29.2. The average Bonchev–Trinajstić information content (AvgIpc) is 3.51. The minimum atomic E-state index is -1.32. The zero-order chi connectivity index (χ0) is 28.3. The zero-order valence-corrected chi connectivity index (χ0v) is 23.4. The number of nitrogens with zero attached hydrogens (tertiary/aromatic N) is 2. The lowest BCUT2D eigenvalue weighted by molar-refractivity contribution is -0.133. The van der Waals surface area contributed by atoms with Gasteiger partial charge >= 0.3 is 0 Å². The molecule has 0 unspecified atom stereocenters. The Labute approximate surface area is 225 Å². The van der Waals surface area contributed by atoms with Crippen LogP contribution in [0.25, 0.3) is 0 Å². The number of aliphatic hydroxyl groups excluding tert-OH is 1. The number of rotatable bonds is 4. The second kappa shape index (κ2) is 12.0. The van der Waals surface area contributed by atoms with Crippen molar-refractivity contribution in [2.45, 2.75) is 78.7 Å². The van der Waals surface area contributed by atoms with Crippen LogP contribution in [0.15, 0.2) is 16.1 Å². The second-order valence-corrected chi connectivity index (χ2v) is 11.4. The van der Waals surface area contributed by atoms with Gasteiger partial charge in [0, 0.05) is 5.38 Å². The Morgan fingerprint density at radius 3 is 1.84 bits per heavy atom. The number of thiazole rings is 1. The average molecular weight is 549 g/mol. The molecule has 38 heavy (non-hydrogen) atoms. The van der Waals surface area contributed by atoms with Crippen LogP contribution in [0.5, 0.6) is 0 Å². The van der Waals surface area contributed by atoms with E-state index < -0.39 is 53.9 Å². The van der Waals surface area contributed by atoms with Gasteiger partial charge in [-0.25, -0.2) is 9.97 Å². The highest BCUT2D eigenvalue weighted by Crippen LogP contribution is 2.27. The topological polar surface area (TPSA) is 176 Å². The van der Waals surface area contributed by atoms with Crippen LogP contribution in [-0.2, 0) is 9.59 Å². The lowest BCUT2D eigenvalue weighted by Gasteiger charge is -2.28. The van der Waals surface area contributed by atoms with Crippen molar-refractivity contribution in [3.05, 3.63) is 33.9 Å². The fraction of sp³-hybridized carbons (Fsp3) is 0.600. The number of fused-ring (bicyclic) bond motifs is 4. The lowest BCUT2D eigenvalue weighted by atomic mass is 10.0. The van der Waals surface area contributed by atoms with E-state index in [9.17, 15) is 24.3 Å². The number of oxazole rings is 1. The molecule has 3 heterocycles. The van der Waals surface area contributed by atoms with Gasteiger partial charge in [0.2, 0.25) is 17.7 Å². The van der Waals surface area contributed by atoms with Crippen molar-refractivity contribution in [2.75, 3.05) is 0 Å². The van der Waals surface area contributed by atoms with E-state index >= 15 is 0 Å². The number of carbonyl (C=O) groups excluding carboxylic acids is 4. The number of aromatic nitrogens is 2. The van der Waals surface area contributed by atoms with Gasteiger partial charge in [-0.05, 0) is 24.7 Å². The summed E-state index contributed by atoms with van der Waals surface area (Å²) in [6.45, 7) is 12.4. The number of carbonyl (C=O) groups is 4. The van der Waals surface area contributed by atoms with Gasteiger partial charge in [-0.15, -0.1) is 11.3 Å². The lowest BCUT2D eigenvalue weighted by Crippen LogP contribution is -2.58. The second-order valence-electron chi connectivity index (χ2n) is 10.5. The van der Waals surface area contributed by atoms with Gasteiger partial charge in [-0.1, -0.05) is 41.5 Å². The van der Waals surface area contributed by atoms with E-state index in [0.29, 0.717) is 5.01 Å². The Balaban J connectivity index is 2.07. The van der Waals surface area contributed by atoms with Gasteiger partial charge in [0.05, 0.1) is 12.1 Å². The summed E-state index contributed by atoms with van der Waals surface area (Å²) in [5, 5.41) is 23.3. The molecule has 208 valence electrons. The summed E-state index contributed by atoms with van der Waals surface area (Å²) < 4.78 is 5.57. The fourth-order valence-corrected chi connectivity index (χ4v) is 4.97. The summed E-state index contributed by atoms with van der Waals surface area (Å²) in [6.07, 6.45) is -0.0412. The summed E-state index contributed by atoms with van der Waals surface area (Å²) in [7, 11) is 0. The normalized spacial score (nSPS) is 24.4. The van der Waals surface area contributed by atoms with E-state index in [1.807, 2.05) is 27.7 Å². The first-order valence-corrected chi connectivity index (χ1v) is 13.5. The Morgan fingerprint density at radius 2 is 1.26 bits per heavy atom. The fourth-order valence-electron chi connectivity index (χ4n) is 3.95. The van der Waals surface area contributed by atoms with E-state index in [1.165, 1.54) is 24.5 Å². The molecule has 1 aliphatic heterocycles. The highest BCUT2D eigenvalue weighted by molar-refractivity contribution is 7.09. The maximum Gasteiger partial charge on any atom is 0.273 e. The third-order valence-electron chi connectivity index (χ3n) is 6.26. The zero-order valence-electron chi connectivity index (χ0n) is 22.6. The molecule has 3 rings (SSSR count). The van der Waals surface area contributed by atoms with Gasteiger partial charge in [0.25, 0.3) is 11.8 Å². The predicted octanol–water partition coefficient (Wildman–Crippen LogP) is 1.71. The van der Waals surface area contributed by atoms with Crippen LogP contribution in [0, 0.1) is 17.8 Å². The van der Waals surface area contributed by atoms with Crippen molar-refractivity contribution in [3.8, 4) is 0 Å². The van der Waals surface area contributed by atoms with Crippen molar-refractivity contribution >= 4 is 35.0 Å². The molecule has 0 aromatic carbocycles. The third kappa shape index (κ3) is 6.57. The van der Waals surface area contributed by atoms with Gasteiger partial charge in [-0.2, -0.15) is 0 Å². The Hall–Kier alpha value is -3.32. The quantitative estimate of drug-likeness (QED) is 0.384. The van der Waals surface area contributed by atoms with E-state index in [4.69, 9.17) is 4.42 Å². The van der Waals surface area contributed by atoms with Gasteiger partial charge in [-0.3, -0.25) is 19.2 Å². The number of hydrogen-bond donors (Lipinski definition) is 5. The van der Waals surface area contributed by atoms with Gasteiger partial charge in [0.15, 0.2) is 5.69 Å². The maximum atomic E-state index is 13.2. The molecule has 4 bridgehead atoms. The van der Waals surface area contributed by atoms with Crippen LogP contribution < -0.4 is 21.3 Å². The van der Waals surface area contributed by atoms with Crippen LogP contribution >= 0.6 is 11.3 Å². The minimum Gasteiger partial charge on any atom is -0.446 e. The first-order chi connectivity index (χ1) is 17.8. The van der Waals surface area contributed by atoms with E-state index in [2.05, 4.69) is 31.2 Å². The van der Waals surface area contributed by atoms with Crippen molar-refractivity contribution in [1.29, 1.82) is 0 Å². The largest absolute Gasteiger partial charge is 0.446 e. The maximum absolute atomic E-state index is 13.2. The van der Waals surface area contributed by atoms with Crippen LogP contribution in [0.4, 0.5) is 0 Å². The minimum absolute atomic E-state index is 0.0151. The first-order valence-electron chi connectivity index (χ1n) is 12.6. The Bertz CT molecular complexity index is 1170. The predicted molar refractivity (Wildman–Crippen MR) is 139 cm³/mol. The van der Waals surface area contributed by atoms with Crippen LogP contribution in [0.3, 0.4) is 0 Å². The van der Waals surface area contributed by atoms with E-state index in [-0.39, 0.29) is 35.0 Å². The molecule has 5 atom stereocenters. The molecule has 0 saturated heterocycles. The molecule has 0 aliphatic carbocycles. The highest BCUT2D eigenvalue weighted by atomic mass is 32.1. The number of hydrogen-bond acceptors (Lipinski definition) is 9. The molecular formula is C25H36N6O6S. The number of amides is 4. The van der Waals surface area contributed by atoms with Crippen molar-refractivity contribution in [3.63, 3.8) is 0 Å². The summed E-state index contributed by atoms with van der Waals surface area (Å²) in [5.74, 6) is -2.86. The Morgan fingerprint density at radius 1 is 0.737 bits per heavy atom. The smallest absolute Gasteiger partial charge is 0.273 e. The monoisotopic (exact) mass is 548 g/mol. The van der Waals surface area contributed by atoms with Crippen LogP contribution in [-0.4, -0.2) is 56.9 Å². The molecule has 4 amide bonds. The molecule has 0 spiro atoms. The van der Waals surface area contributed by atoms with Crippen LogP contribution in [0.2, 0.25) is 0 Å². The van der Waals surface area contributed by atoms with Crippen molar-refractivity contribution in [1.82, 2.24) is 31.2 Å². The number of aliphatic hydroxyl groups is 1. The molecule has 12 nitrogen and oxygen atoms in total. The summed E-state index contributed by atoms with van der Waals surface area (Å²) in [4.78, 5) is 61.2. The Kier molecular flexibility index (Phi) is 9.26. The van der Waals surface area contributed by atoms with Gasteiger partial charge in [0.1, 0.15) is 35.1 Å². The molecule has 0 fully saturated rings. The van der Waals surface area contributed by atoms with Crippen molar-refractivity contribution < 1.29 is 28.7 Å². The molecule has 0 saturated carbocycles. The van der Waals surface area contributed by atoms with Crippen LogP contribution in [0.1, 0.15) is 92.4 Å². The highest BCUT2D eigenvalue weighted by Gasteiger charge is 2.35. The SMILES string of the molecule is CC(C)[C@@H]1NC(=O)c2csc(n2)[C@H](C(C)C)NC(=O)c2coc(n2)[C@H](C(C)C)NC(=O)[C@H]([C@H](C)O)NC1=O. The summed E-state index contributed by atoms with van der Waals surface area (Å²) in [6, 6.07) is -3.58. The molecule has 2 aromatic heterocycles. The standard InChI is InChI=1S/C25H36N6O6S/c1-10(2)16-22(35)31-19(13(7)32)23(36)29-17(11(3)4)24-26-14(8-37-24)20(33)30-18(12(5)6)25-27-15(9-38-25)21(34)28-16/h8-13,16-19,32H,1-7H3,(H,28,34)(H,29,36)(H,30,33)(H,31,35)/t13-,16-,17-,18-,19-/m0/s1. The summed E-state index contributed by atoms with van der Waals surface area (Å²) in [5.41, 5.74) is 0.110. The molecule has 1 aliphatic rings. The molecule has 13 heteroatoms. The molecule has 5 N–H and O–H groups in total. The number of nitrogens with one attached hydrogen (secondary N) is 4.